The van der Waals surface area contributed by atoms with E-state index in [1.807, 2.05) is 24.3 Å². The summed E-state index contributed by atoms with van der Waals surface area (Å²) < 4.78 is 5.76. The Kier molecular flexibility index (Phi) is 2.31. The Balaban J connectivity index is 2.09. The minimum atomic E-state index is 0.606. The molecular formula is C15H11NO. The standard InChI is InChI=1S/C15H11NO/c16-9-11-5-6-15-14(7-11)8-12-3-1-2-4-13(12)10-17-15/h1-7H,8,10H2. The largest absolute Gasteiger partial charge is 0.489 e. The van der Waals surface area contributed by atoms with E-state index in [9.17, 15) is 0 Å². The number of benzene rings is 2. The van der Waals surface area contributed by atoms with E-state index < -0.39 is 0 Å². The molecule has 1 heterocycles. The Labute approximate surface area is 100 Å². The van der Waals surface area contributed by atoms with Crippen LogP contribution in [-0.4, -0.2) is 0 Å². The number of ether oxygens (including phenoxy) is 1. The van der Waals surface area contributed by atoms with E-state index >= 15 is 0 Å². The average molecular weight is 221 g/mol. The van der Waals surface area contributed by atoms with E-state index in [0.29, 0.717) is 12.2 Å². The predicted octanol–water partition coefficient (Wildman–Crippen LogP) is 3.04. The van der Waals surface area contributed by atoms with E-state index in [1.165, 1.54) is 11.1 Å². The third-order valence-corrected chi connectivity index (χ3v) is 3.07. The van der Waals surface area contributed by atoms with Crippen LogP contribution in [-0.2, 0) is 13.0 Å². The Bertz CT molecular complexity index is 611. The van der Waals surface area contributed by atoms with Crippen LogP contribution in [0.4, 0.5) is 0 Å². The van der Waals surface area contributed by atoms with Gasteiger partial charge in [-0.2, -0.15) is 5.26 Å². The van der Waals surface area contributed by atoms with Crippen molar-refractivity contribution < 1.29 is 4.74 Å². The van der Waals surface area contributed by atoms with E-state index in [2.05, 4.69) is 18.2 Å². The van der Waals surface area contributed by atoms with Crippen LogP contribution >= 0.6 is 0 Å². The van der Waals surface area contributed by atoms with Gasteiger partial charge >= 0.3 is 0 Å². The summed E-state index contributed by atoms with van der Waals surface area (Å²) in [5, 5.41) is 8.91. The van der Waals surface area contributed by atoms with Crippen LogP contribution < -0.4 is 4.74 Å². The summed E-state index contributed by atoms with van der Waals surface area (Å²) in [6.45, 7) is 0.606. The van der Waals surface area contributed by atoms with Gasteiger partial charge in [-0.25, -0.2) is 0 Å². The van der Waals surface area contributed by atoms with Crippen molar-refractivity contribution in [2.24, 2.45) is 0 Å². The molecule has 0 radical (unpaired) electrons. The maximum Gasteiger partial charge on any atom is 0.123 e. The number of hydrogen-bond acceptors (Lipinski definition) is 2. The minimum absolute atomic E-state index is 0.606. The van der Waals surface area contributed by atoms with Crippen LogP contribution in [0.1, 0.15) is 22.3 Å². The van der Waals surface area contributed by atoms with Crippen molar-refractivity contribution in [3.63, 3.8) is 0 Å². The Hall–Kier alpha value is -2.27. The lowest BCUT2D eigenvalue weighted by atomic mass is 9.99. The zero-order chi connectivity index (χ0) is 11.7. The van der Waals surface area contributed by atoms with Gasteiger partial charge in [-0.3, -0.25) is 0 Å². The third kappa shape index (κ3) is 1.76. The fourth-order valence-corrected chi connectivity index (χ4v) is 2.16. The van der Waals surface area contributed by atoms with Crippen molar-refractivity contribution in [2.45, 2.75) is 13.0 Å². The van der Waals surface area contributed by atoms with Crippen LogP contribution in [0.2, 0.25) is 0 Å². The normalized spacial score (nSPS) is 12.6. The SMILES string of the molecule is N#Cc1ccc2c(c1)Cc1ccccc1CO2. The van der Waals surface area contributed by atoms with E-state index in [4.69, 9.17) is 10.00 Å². The van der Waals surface area contributed by atoms with Crippen LogP contribution in [0.3, 0.4) is 0 Å². The van der Waals surface area contributed by atoms with Gasteiger partial charge in [-0.05, 0) is 34.9 Å². The highest BCUT2D eigenvalue weighted by molar-refractivity contribution is 5.46. The summed E-state index contributed by atoms with van der Waals surface area (Å²) in [5.41, 5.74) is 4.28. The maximum absolute atomic E-state index is 8.91. The first-order chi connectivity index (χ1) is 8.36. The van der Waals surface area contributed by atoms with Gasteiger partial charge in [0.15, 0.2) is 0 Å². The fourth-order valence-electron chi connectivity index (χ4n) is 2.16. The second-order valence-corrected chi connectivity index (χ2v) is 4.17. The minimum Gasteiger partial charge on any atom is -0.489 e. The van der Waals surface area contributed by atoms with Crippen molar-refractivity contribution in [1.82, 2.24) is 0 Å². The summed E-state index contributed by atoms with van der Waals surface area (Å²) in [6.07, 6.45) is 0.834. The molecule has 2 aromatic carbocycles. The maximum atomic E-state index is 8.91. The van der Waals surface area contributed by atoms with Gasteiger partial charge in [0.2, 0.25) is 0 Å². The van der Waals surface area contributed by atoms with Crippen molar-refractivity contribution in [3.8, 4) is 11.8 Å². The quantitative estimate of drug-likeness (QED) is 0.685. The molecule has 0 atom stereocenters. The van der Waals surface area contributed by atoms with Gasteiger partial charge in [0.05, 0.1) is 11.6 Å². The number of fused-ring (bicyclic) bond motifs is 2. The first-order valence-corrected chi connectivity index (χ1v) is 5.59. The van der Waals surface area contributed by atoms with Crippen LogP contribution in [0.25, 0.3) is 0 Å². The topological polar surface area (TPSA) is 33.0 Å². The van der Waals surface area contributed by atoms with Crippen molar-refractivity contribution in [2.75, 3.05) is 0 Å². The van der Waals surface area contributed by atoms with Crippen LogP contribution in [0.5, 0.6) is 5.75 Å². The lowest BCUT2D eigenvalue weighted by Gasteiger charge is -2.06. The second kappa shape index (κ2) is 3.95. The van der Waals surface area contributed by atoms with Gasteiger partial charge in [-0.15, -0.1) is 0 Å². The number of nitriles is 1. The molecule has 82 valence electrons. The van der Waals surface area contributed by atoms with Gasteiger partial charge < -0.3 is 4.74 Å². The molecule has 2 nitrogen and oxygen atoms in total. The molecule has 17 heavy (non-hydrogen) atoms. The molecule has 0 saturated carbocycles. The van der Waals surface area contributed by atoms with Gasteiger partial charge in [-0.1, -0.05) is 24.3 Å². The highest BCUT2D eigenvalue weighted by Gasteiger charge is 2.13. The second-order valence-electron chi connectivity index (χ2n) is 4.17. The molecule has 1 aliphatic heterocycles. The monoisotopic (exact) mass is 221 g/mol. The first kappa shape index (κ1) is 9.92. The van der Waals surface area contributed by atoms with Crippen molar-refractivity contribution in [3.05, 3.63) is 64.7 Å². The molecule has 0 bridgehead atoms. The van der Waals surface area contributed by atoms with Crippen LogP contribution in [0.15, 0.2) is 42.5 Å². The molecule has 0 N–H and O–H groups in total. The smallest absolute Gasteiger partial charge is 0.123 e. The first-order valence-electron chi connectivity index (χ1n) is 5.59. The summed E-state index contributed by atoms with van der Waals surface area (Å²) in [5.74, 6) is 0.889. The van der Waals surface area contributed by atoms with Crippen LogP contribution in [0, 0.1) is 11.3 Å². The van der Waals surface area contributed by atoms with E-state index in [0.717, 1.165) is 17.7 Å². The van der Waals surface area contributed by atoms with E-state index in [1.54, 1.807) is 6.07 Å². The number of hydrogen-bond donors (Lipinski definition) is 0. The third-order valence-electron chi connectivity index (χ3n) is 3.07. The zero-order valence-electron chi connectivity index (χ0n) is 9.31. The molecule has 0 amide bonds. The fraction of sp³-hybridized carbons (Fsp3) is 0.133. The average Bonchev–Trinajstić information content (AvgIpc) is 2.56. The van der Waals surface area contributed by atoms with Gasteiger partial charge in [0.1, 0.15) is 12.4 Å². The lowest BCUT2D eigenvalue weighted by Crippen LogP contribution is -1.94. The molecule has 0 unspecified atom stereocenters. The number of rotatable bonds is 0. The highest BCUT2D eigenvalue weighted by Crippen LogP contribution is 2.28. The summed E-state index contributed by atoms with van der Waals surface area (Å²) in [7, 11) is 0. The molecule has 3 rings (SSSR count). The molecule has 0 aliphatic carbocycles. The van der Waals surface area contributed by atoms with Crippen molar-refractivity contribution in [1.29, 1.82) is 5.26 Å². The summed E-state index contributed by atoms with van der Waals surface area (Å²) in [4.78, 5) is 0. The zero-order valence-corrected chi connectivity index (χ0v) is 9.31. The Morgan fingerprint density at radius 3 is 2.65 bits per heavy atom. The lowest BCUT2D eigenvalue weighted by molar-refractivity contribution is 0.307. The molecule has 1 aliphatic rings. The summed E-state index contributed by atoms with van der Waals surface area (Å²) in [6, 6.07) is 16.0. The van der Waals surface area contributed by atoms with Crippen molar-refractivity contribution >= 4 is 0 Å². The van der Waals surface area contributed by atoms with Gasteiger partial charge in [0.25, 0.3) is 0 Å². The molecule has 2 heteroatoms. The number of nitrogens with zero attached hydrogens (tertiary/aromatic N) is 1. The van der Waals surface area contributed by atoms with Gasteiger partial charge in [0, 0.05) is 6.42 Å². The molecule has 2 aromatic rings. The molecule has 0 spiro atoms. The highest BCUT2D eigenvalue weighted by atomic mass is 16.5. The molecule has 0 saturated heterocycles. The van der Waals surface area contributed by atoms with E-state index in [-0.39, 0.29) is 0 Å². The Morgan fingerprint density at radius 1 is 1.00 bits per heavy atom. The Morgan fingerprint density at radius 2 is 1.82 bits per heavy atom. The molecule has 0 fully saturated rings. The summed E-state index contributed by atoms with van der Waals surface area (Å²) >= 11 is 0. The molecular weight excluding hydrogens is 210 g/mol. The predicted molar refractivity (Wildman–Crippen MR) is 64.7 cm³/mol. The molecule has 0 aromatic heterocycles.